The Balaban J connectivity index is 1.68. The minimum absolute atomic E-state index is 0.461. The molecule has 1 N–H and O–H groups in total. The Morgan fingerprint density at radius 1 is 1.26 bits per heavy atom. The topological polar surface area (TPSA) is 37.8 Å². The lowest BCUT2D eigenvalue weighted by Gasteiger charge is -2.05. The van der Waals surface area contributed by atoms with E-state index in [9.17, 15) is 0 Å². The smallest absolute Gasteiger partial charge is 0.202 e. The number of hydrogen-bond donors (Lipinski definition) is 1. The molecule has 1 aromatic carbocycles. The predicted octanol–water partition coefficient (Wildman–Crippen LogP) is 3.49. The first kappa shape index (κ1) is 12.6. The molecule has 0 bridgehead atoms. The van der Waals surface area contributed by atoms with Crippen LogP contribution in [0.1, 0.15) is 36.7 Å². The van der Waals surface area contributed by atoms with Gasteiger partial charge in [-0.2, -0.15) is 4.37 Å². The van der Waals surface area contributed by atoms with E-state index >= 15 is 0 Å². The second kappa shape index (κ2) is 5.29. The lowest BCUT2D eigenvalue weighted by atomic mass is 10.1. The second-order valence-corrected chi connectivity index (χ2v) is 6.36. The van der Waals surface area contributed by atoms with Gasteiger partial charge < -0.3 is 5.32 Å². The Bertz CT molecular complexity index is 537. The van der Waals surface area contributed by atoms with Gasteiger partial charge in [0.1, 0.15) is 5.82 Å². The van der Waals surface area contributed by atoms with Gasteiger partial charge in [0.15, 0.2) is 0 Å². The van der Waals surface area contributed by atoms with Crippen LogP contribution in [0.15, 0.2) is 24.3 Å². The van der Waals surface area contributed by atoms with Crippen LogP contribution in [-0.2, 0) is 12.8 Å². The number of anilines is 1. The maximum absolute atomic E-state index is 4.64. The van der Waals surface area contributed by atoms with Crippen molar-refractivity contribution < 1.29 is 0 Å². The molecule has 0 amide bonds. The van der Waals surface area contributed by atoms with Gasteiger partial charge in [0.05, 0.1) is 0 Å². The minimum atomic E-state index is 0.461. The SMILES string of the molecule is CC(C)CNc1nc(C2Cc3ccccc3C2)ns1. The number of rotatable bonds is 4. The van der Waals surface area contributed by atoms with E-state index < -0.39 is 0 Å². The van der Waals surface area contributed by atoms with Crippen molar-refractivity contribution in [1.82, 2.24) is 9.36 Å². The summed E-state index contributed by atoms with van der Waals surface area (Å²) < 4.78 is 4.53. The summed E-state index contributed by atoms with van der Waals surface area (Å²) in [6.45, 7) is 5.35. The van der Waals surface area contributed by atoms with Gasteiger partial charge in [0, 0.05) is 24.0 Å². The van der Waals surface area contributed by atoms with E-state index in [1.807, 2.05) is 0 Å². The molecule has 19 heavy (non-hydrogen) atoms. The maximum Gasteiger partial charge on any atom is 0.202 e. The molecule has 1 heterocycles. The minimum Gasteiger partial charge on any atom is -0.360 e. The van der Waals surface area contributed by atoms with E-state index in [0.717, 1.165) is 30.3 Å². The normalized spacial score (nSPS) is 14.9. The molecule has 0 spiro atoms. The Labute approximate surface area is 118 Å². The number of hydrogen-bond acceptors (Lipinski definition) is 4. The van der Waals surface area contributed by atoms with Gasteiger partial charge in [-0.3, -0.25) is 0 Å². The van der Waals surface area contributed by atoms with Crippen molar-refractivity contribution in [1.29, 1.82) is 0 Å². The molecule has 1 aliphatic carbocycles. The summed E-state index contributed by atoms with van der Waals surface area (Å²) in [6.07, 6.45) is 2.16. The van der Waals surface area contributed by atoms with Crippen LogP contribution in [-0.4, -0.2) is 15.9 Å². The highest BCUT2D eigenvalue weighted by Crippen LogP contribution is 2.33. The zero-order valence-corrected chi connectivity index (χ0v) is 12.2. The van der Waals surface area contributed by atoms with Crippen molar-refractivity contribution in [2.45, 2.75) is 32.6 Å². The van der Waals surface area contributed by atoms with Gasteiger partial charge in [-0.1, -0.05) is 38.1 Å². The van der Waals surface area contributed by atoms with Gasteiger partial charge in [0.25, 0.3) is 0 Å². The number of nitrogens with one attached hydrogen (secondary N) is 1. The van der Waals surface area contributed by atoms with Gasteiger partial charge >= 0.3 is 0 Å². The van der Waals surface area contributed by atoms with Crippen LogP contribution in [0.5, 0.6) is 0 Å². The first-order chi connectivity index (χ1) is 9.22. The molecular formula is C15H19N3S. The van der Waals surface area contributed by atoms with E-state index in [-0.39, 0.29) is 0 Å². The molecule has 1 aliphatic rings. The lowest BCUT2D eigenvalue weighted by Crippen LogP contribution is -2.08. The van der Waals surface area contributed by atoms with Crippen LogP contribution in [0.2, 0.25) is 0 Å². The molecule has 3 rings (SSSR count). The first-order valence-corrected chi connectivity index (χ1v) is 7.64. The Morgan fingerprint density at radius 2 is 1.95 bits per heavy atom. The molecule has 0 aliphatic heterocycles. The highest BCUT2D eigenvalue weighted by atomic mass is 32.1. The van der Waals surface area contributed by atoms with Gasteiger partial charge in [-0.15, -0.1) is 0 Å². The molecule has 100 valence electrons. The van der Waals surface area contributed by atoms with E-state index in [0.29, 0.717) is 11.8 Å². The summed E-state index contributed by atoms with van der Waals surface area (Å²) in [4.78, 5) is 4.64. The Kier molecular flexibility index (Phi) is 3.51. The molecule has 2 aromatic rings. The van der Waals surface area contributed by atoms with E-state index in [2.05, 4.69) is 52.8 Å². The lowest BCUT2D eigenvalue weighted by molar-refractivity contribution is 0.682. The van der Waals surface area contributed by atoms with Crippen molar-refractivity contribution in [3.05, 3.63) is 41.2 Å². The third-order valence-corrected chi connectivity index (χ3v) is 4.21. The number of fused-ring (bicyclic) bond motifs is 1. The summed E-state index contributed by atoms with van der Waals surface area (Å²) in [7, 11) is 0. The quantitative estimate of drug-likeness (QED) is 0.926. The maximum atomic E-state index is 4.64. The monoisotopic (exact) mass is 273 g/mol. The molecule has 1 aromatic heterocycles. The highest BCUT2D eigenvalue weighted by molar-refractivity contribution is 7.09. The third-order valence-electron chi connectivity index (χ3n) is 3.52. The zero-order chi connectivity index (χ0) is 13.2. The van der Waals surface area contributed by atoms with Crippen LogP contribution >= 0.6 is 11.5 Å². The van der Waals surface area contributed by atoms with Crippen LogP contribution in [0.3, 0.4) is 0 Å². The average molecular weight is 273 g/mol. The van der Waals surface area contributed by atoms with Crippen LogP contribution in [0, 0.1) is 5.92 Å². The summed E-state index contributed by atoms with van der Waals surface area (Å²) in [5.74, 6) is 2.10. The van der Waals surface area contributed by atoms with Crippen LogP contribution in [0.4, 0.5) is 5.13 Å². The first-order valence-electron chi connectivity index (χ1n) is 6.86. The van der Waals surface area contributed by atoms with Crippen molar-refractivity contribution in [2.24, 2.45) is 5.92 Å². The van der Waals surface area contributed by atoms with Crippen molar-refractivity contribution >= 4 is 16.7 Å². The number of nitrogens with zero attached hydrogens (tertiary/aromatic N) is 2. The average Bonchev–Trinajstić information content (AvgIpc) is 3.02. The summed E-state index contributed by atoms with van der Waals surface area (Å²) in [5, 5.41) is 4.31. The Morgan fingerprint density at radius 3 is 2.58 bits per heavy atom. The fourth-order valence-electron chi connectivity index (χ4n) is 2.51. The standard InChI is InChI=1S/C15H19N3S/c1-10(2)9-16-15-17-14(18-19-15)13-7-11-5-3-4-6-12(11)8-13/h3-6,10,13H,7-9H2,1-2H3,(H,16,17,18). The predicted molar refractivity (Wildman–Crippen MR) is 79.8 cm³/mol. The Hall–Kier alpha value is -1.42. The van der Waals surface area contributed by atoms with E-state index in [1.165, 1.54) is 22.7 Å². The summed E-state index contributed by atoms with van der Waals surface area (Å²) >= 11 is 1.48. The van der Waals surface area contributed by atoms with Crippen LogP contribution in [0.25, 0.3) is 0 Å². The molecule has 0 unspecified atom stereocenters. The van der Waals surface area contributed by atoms with E-state index in [1.54, 1.807) is 0 Å². The summed E-state index contributed by atoms with van der Waals surface area (Å²) in [6, 6.07) is 8.68. The van der Waals surface area contributed by atoms with Gasteiger partial charge in [0.2, 0.25) is 5.13 Å². The summed E-state index contributed by atoms with van der Waals surface area (Å²) in [5.41, 5.74) is 2.91. The van der Waals surface area contributed by atoms with E-state index in [4.69, 9.17) is 0 Å². The van der Waals surface area contributed by atoms with Crippen molar-refractivity contribution in [3.63, 3.8) is 0 Å². The highest BCUT2D eigenvalue weighted by Gasteiger charge is 2.25. The van der Waals surface area contributed by atoms with Gasteiger partial charge in [-0.05, 0) is 29.9 Å². The number of aromatic nitrogens is 2. The fourth-order valence-corrected chi connectivity index (χ4v) is 3.16. The molecule has 0 fully saturated rings. The molecule has 0 atom stereocenters. The van der Waals surface area contributed by atoms with Crippen molar-refractivity contribution in [2.75, 3.05) is 11.9 Å². The zero-order valence-electron chi connectivity index (χ0n) is 11.4. The third kappa shape index (κ3) is 2.78. The largest absolute Gasteiger partial charge is 0.360 e. The molecule has 3 nitrogen and oxygen atoms in total. The molecule has 4 heteroatoms. The van der Waals surface area contributed by atoms with Crippen molar-refractivity contribution in [3.8, 4) is 0 Å². The molecular weight excluding hydrogens is 254 g/mol. The fraction of sp³-hybridized carbons (Fsp3) is 0.467. The molecule has 0 saturated carbocycles. The van der Waals surface area contributed by atoms with Crippen LogP contribution < -0.4 is 5.32 Å². The van der Waals surface area contributed by atoms with Gasteiger partial charge in [-0.25, -0.2) is 4.98 Å². The number of benzene rings is 1. The molecule has 0 radical (unpaired) electrons. The second-order valence-electron chi connectivity index (χ2n) is 5.61. The molecule has 0 saturated heterocycles.